The number of imidazole rings is 1. The van der Waals surface area contributed by atoms with Crippen LogP contribution in [-0.4, -0.2) is 39.1 Å². The van der Waals surface area contributed by atoms with Gasteiger partial charge in [0.15, 0.2) is 11.5 Å². The van der Waals surface area contributed by atoms with Crippen molar-refractivity contribution in [2.75, 3.05) is 18.0 Å². The van der Waals surface area contributed by atoms with Gasteiger partial charge in [-0.05, 0) is 30.5 Å². The van der Waals surface area contributed by atoms with Gasteiger partial charge in [0, 0.05) is 30.7 Å². The summed E-state index contributed by atoms with van der Waals surface area (Å²) in [6, 6.07) is 8.38. The molecule has 0 aliphatic carbocycles. The maximum atomic E-state index is 11.5. The number of fused-ring (bicyclic) bond motifs is 1. The van der Waals surface area contributed by atoms with Gasteiger partial charge < -0.3 is 15.2 Å². The standard InChI is InChI=1S/C17H19ClN6O/c18-12-3-1-2-11(8-12)9-19-13-4-6-24(7-5-13)16-14-15(20-10-21-16)23-17(25)22-14/h1-3,8,10,13,19H,4-7,9H2,(H2,20,21,22,23,25). The molecular formula is C17H19ClN6O. The fourth-order valence-electron chi connectivity index (χ4n) is 3.28. The molecule has 3 N–H and O–H groups in total. The maximum Gasteiger partial charge on any atom is 0.325 e. The van der Waals surface area contributed by atoms with E-state index in [0.29, 0.717) is 17.2 Å². The summed E-state index contributed by atoms with van der Waals surface area (Å²) in [6.45, 7) is 2.58. The smallest absolute Gasteiger partial charge is 0.325 e. The highest BCUT2D eigenvalue weighted by molar-refractivity contribution is 6.30. The summed E-state index contributed by atoms with van der Waals surface area (Å²) in [5, 5.41) is 4.36. The van der Waals surface area contributed by atoms with Crippen molar-refractivity contribution in [2.45, 2.75) is 25.4 Å². The molecule has 7 nitrogen and oxygen atoms in total. The van der Waals surface area contributed by atoms with E-state index in [1.807, 2.05) is 18.2 Å². The molecule has 1 aliphatic heterocycles. The second-order valence-corrected chi connectivity index (χ2v) is 6.71. The molecule has 1 aromatic carbocycles. The Morgan fingerprint density at radius 3 is 2.88 bits per heavy atom. The lowest BCUT2D eigenvalue weighted by Crippen LogP contribution is -2.42. The molecule has 0 radical (unpaired) electrons. The number of hydrogen-bond donors (Lipinski definition) is 3. The molecule has 25 heavy (non-hydrogen) atoms. The van der Waals surface area contributed by atoms with Crippen molar-refractivity contribution in [3.05, 3.63) is 51.7 Å². The molecule has 0 spiro atoms. The van der Waals surface area contributed by atoms with Crippen molar-refractivity contribution in [2.24, 2.45) is 0 Å². The van der Waals surface area contributed by atoms with Crippen LogP contribution in [-0.2, 0) is 6.54 Å². The number of H-pyrrole nitrogens is 2. The second-order valence-electron chi connectivity index (χ2n) is 6.27. The van der Waals surface area contributed by atoms with Crippen molar-refractivity contribution >= 4 is 28.6 Å². The van der Waals surface area contributed by atoms with E-state index in [1.165, 1.54) is 11.9 Å². The predicted octanol–water partition coefficient (Wildman–Crippen LogP) is 2.06. The SMILES string of the molecule is O=c1[nH]c2ncnc(N3CCC(NCc4cccc(Cl)c4)CC3)c2[nH]1. The first kappa shape index (κ1) is 16.1. The number of nitrogens with one attached hydrogen (secondary N) is 3. The first-order chi connectivity index (χ1) is 12.2. The summed E-state index contributed by atoms with van der Waals surface area (Å²) < 4.78 is 0. The number of nitrogens with zero attached hydrogens (tertiary/aromatic N) is 3. The summed E-state index contributed by atoms with van der Waals surface area (Å²) in [5.74, 6) is 0.789. The summed E-state index contributed by atoms with van der Waals surface area (Å²) in [5.41, 5.74) is 2.17. The number of piperidine rings is 1. The number of rotatable bonds is 4. The average Bonchev–Trinajstić information content (AvgIpc) is 3.01. The number of aromatic nitrogens is 4. The minimum Gasteiger partial charge on any atom is -0.355 e. The molecule has 1 saturated heterocycles. The van der Waals surface area contributed by atoms with Crippen molar-refractivity contribution < 1.29 is 0 Å². The number of aromatic amines is 2. The monoisotopic (exact) mass is 358 g/mol. The Morgan fingerprint density at radius 2 is 2.08 bits per heavy atom. The molecule has 3 aromatic rings. The lowest BCUT2D eigenvalue weighted by atomic mass is 10.0. The fourth-order valence-corrected chi connectivity index (χ4v) is 3.50. The van der Waals surface area contributed by atoms with Crippen molar-refractivity contribution in [3.63, 3.8) is 0 Å². The van der Waals surface area contributed by atoms with Gasteiger partial charge in [-0.1, -0.05) is 23.7 Å². The van der Waals surface area contributed by atoms with Crippen LogP contribution >= 0.6 is 11.6 Å². The zero-order valence-corrected chi connectivity index (χ0v) is 14.4. The molecule has 130 valence electrons. The second kappa shape index (κ2) is 6.85. The van der Waals surface area contributed by atoms with E-state index in [0.717, 1.165) is 43.3 Å². The molecule has 0 amide bonds. The molecule has 0 atom stereocenters. The van der Waals surface area contributed by atoms with Gasteiger partial charge >= 0.3 is 5.69 Å². The highest BCUT2D eigenvalue weighted by Crippen LogP contribution is 2.23. The number of hydrogen-bond acceptors (Lipinski definition) is 5. The minimum absolute atomic E-state index is 0.255. The molecule has 1 fully saturated rings. The summed E-state index contributed by atoms with van der Waals surface area (Å²) in [4.78, 5) is 27.6. The van der Waals surface area contributed by atoms with Gasteiger partial charge in [0.25, 0.3) is 0 Å². The molecule has 3 heterocycles. The van der Waals surface area contributed by atoms with Crippen LogP contribution in [0.2, 0.25) is 5.02 Å². The van der Waals surface area contributed by atoms with E-state index in [4.69, 9.17) is 11.6 Å². The number of benzene rings is 1. The quantitative estimate of drug-likeness (QED) is 0.664. The summed E-state index contributed by atoms with van der Waals surface area (Å²) in [6.07, 6.45) is 3.52. The molecule has 8 heteroatoms. The van der Waals surface area contributed by atoms with Gasteiger partial charge in [-0.2, -0.15) is 0 Å². The van der Waals surface area contributed by atoms with Crippen LogP contribution in [0.4, 0.5) is 5.82 Å². The predicted molar refractivity (Wildman–Crippen MR) is 98.0 cm³/mol. The van der Waals surface area contributed by atoms with Gasteiger partial charge in [0.1, 0.15) is 11.8 Å². The van der Waals surface area contributed by atoms with Gasteiger partial charge in [-0.25, -0.2) is 14.8 Å². The van der Waals surface area contributed by atoms with Gasteiger partial charge in [0.05, 0.1) is 0 Å². The topological polar surface area (TPSA) is 89.7 Å². The van der Waals surface area contributed by atoms with Crippen LogP contribution in [0.3, 0.4) is 0 Å². The van der Waals surface area contributed by atoms with E-state index in [2.05, 4.69) is 36.2 Å². The molecule has 0 bridgehead atoms. The Morgan fingerprint density at radius 1 is 1.24 bits per heavy atom. The van der Waals surface area contributed by atoms with E-state index in [-0.39, 0.29) is 5.69 Å². The highest BCUT2D eigenvalue weighted by atomic mass is 35.5. The van der Waals surface area contributed by atoms with E-state index < -0.39 is 0 Å². The van der Waals surface area contributed by atoms with E-state index in [9.17, 15) is 4.79 Å². The van der Waals surface area contributed by atoms with Crippen LogP contribution in [0.15, 0.2) is 35.4 Å². The average molecular weight is 359 g/mol. The Labute approximate surface area is 149 Å². The summed E-state index contributed by atoms with van der Waals surface area (Å²) in [7, 11) is 0. The zero-order chi connectivity index (χ0) is 17.2. The molecule has 4 rings (SSSR count). The third-order valence-electron chi connectivity index (χ3n) is 4.58. The van der Waals surface area contributed by atoms with Crippen molar-refractivity contribution in [3.8, 4) is 0 Å². The molecule has 2 aromatic heterocycles. The lowest BCUT2D eigenvalue weighted by Gasteiger charge is -2.33. The Kier molecular flexibility index (Phi) is 4.42. The van der Waals surface area contributed by atoms with Crippen LogP contribution in [0.5, 0.6) is 0 Å². The van der Waals surface area contributed by atoms with Crippen molar-refractivity contribution in [1.82, 2.24) is 25.3 Å². The Balaban J connectivity index is 1.38. The maximum absolute atomic E-state index is 11.5. The fraction of sp³-hybridized carbons (Fsp3) is 0.353. The molecule has 0 unspecified atom stereocenters. The van der Waals surface area contributed by atoms with Crippen molar-refractivity contribution in [1.29, 1.82) is 0 Å². The highest BCUT2D eigenvalue weighted by Gasteiger charge is 2.22. The van der Waals surface area contributed by atoms with Crippen LogP contribution in [0, 0.1) is 0 Å². The zero-order valence-electron chi connectivity index (χ0n) is 13.6. The van der Waals surface area contributed by atoms with E-state index in [1.54, 1.807) is 0 Å². The number of halogens is 1. The van der Waals surface area contributed by atoms with Crippen LogP contribution in [0.25, 0.3) is 11.2 Å². The molecular weight excluding hydrogens is 340 g/mol. The minimum atomic E-state index is -0.255. The van der Waals surface area contributed by atoms with Crippen LogP contribution in [0.1, 0.15) is 18.4 Å². The van der Waals surface area contributed by atoms with Gasteiger partial charge in [-0.3, -0.25) is 4.98 Å². The number of anilines is 1. The van der Waals surface area contributed by atoms with Crippen LogP contribution < -0.4 is 15.9 Å². The third-order valence-corrected chi connectivity index (χ3v) is 4.81. The lowest BCUT2D eigenvalue weighted by molar-refractivity contribution is 0.413. The normalized spacial score (nSPS) is 15.8. The Bertz CT molecular complexity index is 928. The largest absolute Gasteiger partial charge is 0.355 e. The first-order valence-electron chi connectivity index (χ1n) is 8.35. The van der Waals surface area contributed by atoms with Gasteiger partial charge in [0.2, 0.25) is 0 Å². The Hall–Kier alpha value is -2.38. The van der Waals surface area contributed by atoms with Gasteiger partial charge in [-0.15, -0.1) is 0 Å². The first-order valence-corrected chi connectivity index (χ1v) is 8.72. The third kappa shape index (κ3) is 3.52. The molecule has 1 aliphatic rings. The molecule has 0 saturated carbocycles. The summed E-state index contributed by atoms with van der Waals surface area (Å²) >= 11 is 6.03. The van der Waals surface area contributed by atoms with E-state index >= 15 is 0 Å².